The van der Waals surface area contributed by atoms with Crippen molar-refractivity contribution in [1.82, 2.24) is 0 Å². The smallest absolute Gasteiger partial charge is 0 e. The van der Waals surface area contributed by atoms with Gasteiger partial charge in [0.25, 0.3) is 0 Å². The quantitative estimate of drug-likeness (QED) is 0.469. The Morgan fingerprint density at radius 1 is 0.875 bits per heavy atom. The zero-order chi connectivity index (χ0) is 10.8. The number of benzene rings is 1. The first-order valence-electron chi connectivity index (χ1n) is 6.38. The molecule has 0 aliphatic carbocycles. The summed E-state index contributed by atoms with van der Waals surface area (Å²) in [7, 11) is 0. The van der Waals surface area contributed by atoms with Gasteiger partial charge in [0.1, 0.15) is 0 Å². The standard InChI is InChI=1S/C15H23.Cu/c1-2-3-4-5-6-7-9-12-15-13-10-8-11-14-15;/h10-11,13-14H,2-7,9,12H2,1H3;. The number of aryl methyl sites for hydroxylation is 1. The number of hydrogen-bond acceptors (Lipinski definition) is 0. The van der Waals surface area contributed by atoms with E-state index in [9.17, 15) is 0 Å². The first-order valence-corrected chi connectivity index (χ1v) is 6.38. The second-order valence-corrected chi connectivity index (χ2v) is 4.28. The molecule has 1 aromatic carbocycles. The van der Waals surface area contributed by atoms with Crippen LogP contribution in [0.1, 0.15) is 57.4 Å². The maximum absolute atomic E-state index is 3.06. The van der Waals surface area contributed by atoms with Crippen LogP contribution in [0.2, 0.25) is 0 Å². The Balaban J connectivity index is 0.00000225. The van der Waals surface area contributed by atoms with E-state index in [-0.39, 0.29) is 17.1 Å². The zero-order valence-corrected chi connectivity index (χ0v) is 11.2. The van der Waals surface area contributed by atoms with Gasteiger partial charge in [0.15, 0.2) is 0 Å². The van der Waals surface area contributed by atoms with Crippen molar-refractivity contribution in [1.29, 1.82) is 0 Å². The van der Waals surface area contributed by atoms with Crippen LogP contribution in [0.25, 0.3) is 0 Å². The van der Waals surface area contributed by atoms with Crippen molar-refractivity contribution in [3.63, 3.8) is 0 Å². The van der Waals surface area contributed by atoms with Gasteiger partial charge >= 0.3 is 0 Å². The molecule has 94 valence electrons. The summed E-state index contributed by atoms with van der Waals surface area (Å²) in [5.74, 6) is 0. The third-order valence-corrected chi connectivity index (χ3v) is 2.86. The molecular formula is C15H23Cu. The van der Waals surface area contributed by atoms with Crippen molar-refractivity contribution in [2.24, 2.45) is 0 Å². The molecule has 0 aliphatic rings. The molecule has 1 heteroatoms. The number of rotatable bonds is 8. The molecule has 0 nitrogen and oxygen atoms in total. The van der Waals surface area contributed by atoms with Crippen molar-refractivity contribution in [2.75, 3.05) is 0 Å². The second kappa shape index (κ2) is 11.2. The predicted octanol–water partition coefficient (Wildman–Crippen LogP) is 4.78. The van der Waals surface area contributed by atoms with Crippen LogP contribution in [-0.4, -0.2) is 0 Å². The van der Waals surface area contributed by atoms with Gasteiger partial charge in [0.2, 0.25) is 0 Å². The van der Waals surface area contributed by atoms with E-state index in [0.717, 1.165) is 0 Å². The number of hydrogen-bond donors (Lipinski definition) is 0. The fraction of sp³-hybridized carbons (Fsp3) is 0.600. The molecule has 0 aromatic heterocycles. The average molecular weight is 267 g/mol. The minimum Gasteiger partial charge on any atom is -0.0654 e. The van der Waals surface area contributed by atoms with Crippen LogP contribution in [0.4, 0.5) is 0 Å². The van der Waals surface area contributed by atoms with E-state index in [1.165, 1.54) is 56.9 Å². The van der Waals surface area contributed by atoms with Crippen LogP contribution in [-0.2, 0) is 23.5 Å². The molecule has 0 unspecified atom stereocenters. The van der Waals surface area contributed by atoms with Crippen LogP contribution in [0.3, 0.4) is 0 Å². The van der Waals surface area contributed by atoms with Gasteiger partial charge in [-0.1, -0.05) is 69.7 Å². The van der Waals surface area contributed by atoms with Gasteiger partial charge in [-0.2, -0.15) is 0 Å². The van der Waals surface area contributed by atoms with E-state index < -0.39 is 0 Å². The molecule has 1 rings (SSSR count). The van der Waals surface area contributed by atoms with Gasteiger partial charge in [0.05, 0.1) is 0 Å². The van der Waals surface area contributed by atoms with Gasteiger partial charge in [-0.25, -0.2) is 0 Å². The molecule has 0 aliphatic heterocycles. The molecule has 0 atom stereocenters. The van der Waals surface area contributed by atoms with Gasteiger partial charge in [-0.15, -0.1) is 0 Å². The molecule has 0 fully saturated rings. The molecule has 0 saturated carbocycles. The van der Waals surface area contributed by atoms with Crippen LogP contribution >= 0.6 is 0 Å². The molecule has 16 heavy (non-hydrogen) atoms. The molecule has 0 spiro atoms. The molecular weight excluding hydrogens is 244 g/mol. The van der Waals surface area contributed by atoms with Crippen molar-refractivity contribution < 1.29 is 17.1 Å². The summed E-state index contributed by atoms with van der Waals surface area (Å²) >= 11 is 0. The fourth-order valence-corrected chi connectivity index (χ4v) is 1.87. The summed E-state index contributed by atoms with van der Waals surface area (Å²) < 4.78 is 0. The topological polar surface area (TPSA) is 0 Å². The molecule has 0 saturated heterocycles. The second-order valence-electron chi connectivity index (χ2n) is 4.28. The fourth-order valence-electron chi connectivity index (χ4n) is 1.87. The van der Waals surface area contributed by atoms with E-state index in [1.807, 2.05) is 12.1 Å². The molecule has 0 N–H and O–H groups in total. The molecule has 0 amide bonds. The van der Waals surface area contributed by atoms with E-state index in [0.29, 0.717) is 0 Å². The maximum atomic E-state index is 3.06. The Labute approximate surface area is 111 Å². The van der Waals surface area contributed by atoms with Crippen molar-refractivity contribution >= 4 is 0 Å². The van der Waals surface area contributed by atoms with Crippen molar-refractivity contribution in [2.45, 2.75) is 58.3 Å². The summed E-state index contributed by atoms with van der Waals surface area (Å²) in [6.45, 7) is 2.27. The first-order chi connectivity index (χ1) is 7.43. The SMILES string of the molecule is CCCCCCCCCc1cc[c]cc1.[Cu]. The third kappa shape index (κ3) is 7.96. The normalized spacial score (nSPS) is 9.81. The van der Waals surface area contributed by atoms with Crippen molar-refractivity contribution in [3.05, 3.63) is 35.9 Å². The number of unbranched alkanes of at least 4 members (excludes halogenated alkanes) is 6. The Morgan fingerprint density at radius 3 is 2.06 bits per heavy atom. The van der Waals surface area contributed by atoms with Gasteiger partial charge in [-0.3, -0.25) is 0 Å². The molecule has 0 heterocycles. The van der Waals surface area contributed by atoms with Crippen LogP contribution in [0.15, 0.2) is 24.3 Å². The Morgan fingerprint density at radius 2 is 1.44 bits per heavy atom. The first kappa shape index (κ1) is 15.7. The third-order valence-electron chi connectivity index (χ3n) is 2.86. The van der Waals surface area contributed by atoms with Crippen LogP contribution in [0, 0.1) is 6.07 Å². The minimum absolute atomic E-state index is 0. The van der Waals surface area contributed by atoms with E-state index in [2.05, 4.69) is 25.1 Å². The Hall–Kier alpha value is -0.261. The van der Waals surface area contributed by atoms with Gasteiger partial charge < -0.3 is 0 Å². The summed E-state index contributed by atoms with van der Waals surface area (Å²) in [5.41, 5.74) is 1.46. The predicted molar refractivity (Wildman–Crippen MR) is 67.0 cm³/mol. The molecule has 1 aromatic rings. The van der Waals surface area contributed by atoms with Crippen LogP contribution in [0.5, 0.6) is 0 Å². The largest absolute Gasteiger partial charge is 0.0654 e. The van der Waals surface area contributed by atoms with E-state index in [4.69, 9.17) is 0 Å². The van der Waals surface area contributed by atoms with Gasteiger partial charge in [-0.05, 0) is 24.5 Å². The monoisotopic (exact) mass is 266 g/mol. The average Bonchev–Trinajstić information content (AvgIpc) is 2.29. The zero-order valence-electron chi connectivity index (χ0n) is 10.3. The summed E-state index contributed by atoms with van der Waals surface area (Å²) in [6.07, 6.45) is 11.0. The summed E-state index contributed by atoms with van der Waals surface area (Å²) in [4.78, 5) is 0. The summed E-state index contributed by atoms with van der Waals surface area (Å²) in [6, 6.07) is 11.4. The Kier molecular flexibility index (Phi) is 11.0. The van der Waals surface area contributed by atoms with Crippen LogP contribution < -0.4 is 0 Å². The van der Waals surface area contributed by atoms with E-state index in [1.54, 1.807) is 0 Å². The maximum Gasteiger partial charge on any atom is 0 e. The Bertz CT molecular complexity index is 230. The minimum atomic E-state index is 0. The van der Waals surface area contributed by atoms with E-state index >= 15 is 0 Å². The summed E-state index contributed by atoms with van der Waals surface area (Å²) in [5, 5.41) is 0. The molecule has 0 bridgehead atoms. The molecule has 2 radical (unpaired) electrons. The van der Waals surface area contributed by atoms with Gasteiger partial charge in [0, 0.05) is 17.1 Å². The van der Waals surface area contributed by atoms with Crippen molar-refractivity contribution in [3.8, 4) is 0 Å².